The van der Waals surface area contributed by atoms with Crippen molar-refractivity contribution in [3.63, 3.8) is 0 Å². The maximum Gasteiger partial charge on any atom is 0.407 e. The van der Waals surface area contributed by atoms with Gasteiger partial charge in [-0.2, -0.15) is 0 Å². The second-order valence-corrected chi connectivity index (χ2v) is 29.1. The highest BCUT2D eigenvalue weighted by Crippen LogP contribution is 2.45. The van der Waals surface area contributed by atoms with Crippen molar-refractivity contribution in [3.05, 3.63) is 144 Å². The van der Waals surface area contributed by atoms with Crippen LogP contribution in [-0.2, 0) is 38.2 Å². The number of nitrogens with zero attached hydrogens (tertiary/aromatic N) is 6. The number of rotatable bonds is 19. The molecule has 21 heteroatoms. The molecule has 7 fully saturated rings. The Balaban J connectivity index is 0.000000153. The summed E-state index contributed by atoms with van der Waals surface area (Å²) in [6, 6.07) is 39.4. The minimum absolute atomic E-state index is 0.0289. The molecule has 2 aromatic heterocycles. The highest BCUT2D eigenvalue weighted by Gasteiger charge is 2.46. The second-order valence-electron chi connectivity index (χ2n) is 29.1. The maximum atomic E-state index is 13.7. The molecule has 7 atom stereocenters. The number of hydrogen-bond donors (Lipinski definition) is 6. The molecule has 17 rings (SSSR count). The lowest BCUT2D eigenvalue weighted by Gasteiger charge is -2.29. The van der Waals surface area contributed by atoms with E-state index in [-0.39, 0.29) is 78.3 Å². The Bertz CT molecular complexity index is 4700. The van der Waals surface area contributed by atoms with Gasteiger partial charge in [0, 0.05) is 55.8 Å². The number of aromatic amines is 2. The number of benzene rings is 6. The smallest absolute Gasteiger partial charge is 0.407 e. The van der Waals surface area contributed by atoms with Gasteiger partial charge in [-0.05, 0) is 235 Å². The number of carbonyl (C=O) groups excluding carboxylic acids is 5. The number of aliphatic imine (C=N–C) groups is 2. The van der Waals surface area contributed by atoms with Crippen molar-refractivity contribution in [2.75, 3.05) is 47.5 Å². The summed E-state index contributed by atoms with van der Waals surface area (Å²) < 4.78 is 14.1. The van der Waals surface area contributed by atoms with Crippen LogP contribution >= 0.6 is 0 Å². The summed E-state index contributed by atoms with van der Waals surface area (Å²) in [6.07, 6.45) is 19.4. The van der Waals surface area contributed by atoms with E-state index in [4.69, 9.17) is 34.5 Å². The Kier molecular flexibility index (Phi) is 19.7. The molecular weight excluding hydrogens is 1290 g/mol. The Morgan fingerprint density at radius 1 is 0.490 bits per heavy atom. The van der Waals surface area contributed by atoms with Gasteiger partial charge in [0.05, 0.1) is 86.2 Å². The summed E-state index contributed by atoms with van der Waals surface area (Å²) in [7, 11) is 3.98. The number of hydrogen-bond acceptors (Lipinski definition) is 15. The van der Waals surface area contributed by atoms with Gasteiger partial charge in [0.1, 0.15) is 17.7 Å². The zero-order valence-electron chi connectivity index (χ0n) is 58.2. The third kappa shape index (κ3) is 14.9. The number of aliphatic carboxylic acids is 1. The van der Waals surface area contributed by atoms with Crippen molar-refractivity contribution in [3.8, 4) is 22.3 Å². The van der Waals surface area contributed by atoms with Gasteiger partial charge in [0.15, 0.2) is 0 Å². The summed E-state index contributed by atoms with van der Waals surface area (Å²) in [6.45, 7) is 3.56. The standard InChI is InChI=1S/C45H49N5O6.C29H29N5.C7H11NO4/c1-55-41(51)23-34(26-7-8-26)44(53)49-17-3-5-39(49)38-22-33(25-46-38)31-14-13-28-19-30(12-11-29(28)20-31)32-15-16-36-37(21-32)48-43(47-36)40-6-4-18-50(40)45(54)35(27-9-10-27)24-42(52)56-2;1-3-24(30-11-1)27-16-23(17-32-27)21-8-7-18-13-20(6-5-19(18)14-21)22-9-10-25-28(15-22)34-29(33-25)26-4-2-12-31-26;1-12-7(11)8-5(6(9)10)4-2-3-4/h11-16,19-21,25-27,34-35,39-40H,3-10,17-18,22-24H2,1-2H3,(H,47,48);5-10,13-15,17,24,26,30-31H,1-4,11-12,16H2,(H,33,34);4-5H,2-3H2,1H3,(H,8,11)(H,9,10)/t34-,35-,39-,40-;24-,26-;5-/m000/s1. The first kappa shape index (κ1) is 67.9. The van der Waals surface area contributed by atoms with Crippen LogP contribution in [0, 0.1) is 29.6 Å². The highest BCUT2D eigenvalue weighted by molar-refractivity contribution is 6.05. The largest absolute Gasteiger partial charge is 0.480 e. The SMILES string of the molecule is C1=C(c2ccc3cc(-c4ccc5nc([C@@H]6CCCN6)[nH]c5c4)ccc3c2)CC([C@@H]2CCCN2)=N1.COC(=O)C[C@H](C(=O)N1CCC[C@H]1C1=NC=C(c2ccc3cc(-c4ccc5nc([C@@H]6CCCN6C(=O)[C@@H](CC(=O)OC)C6CC6)[nH]c5c4)ccc3c2)C1)C1CC1.COC(=O)N[C@H](C(=O)O)C1CC1. The van der Waals surface area contributed by atoms with Gasteiger partial charge in [-0.1, -0.05) is 60.7 Å². The fourth-order valence-electron chi connectivity index (χ4n) is 16.1. The van der Waals surface area contributed by atoms with Crippen molar-refractivity contribution in [1.82, 2.24) is 45.7 Å². The number of carbonyl (C=O) groups is 6. The van der Waals surface area contributed by atoms with Gasteiger partial charge in [-0.25, -0.2) is 19.6 Å². The quantitative estimate of drug-likeness (QED) is 0.0325. The molecule has 102 heavy (non-hydrogen) atoms. The Hall–Kier alpha value is -9.86. The number of carboxylic acid groups (broad SMARTS) is 1. The number of likely N-dealkylation sites (tertiary alicyclic amines) is 2. The second kappa shape index (κ2) is 29.6. The number of alkyl carbamates (subject to hydrolysis) is 1. The maximum absolute atomic E-state index is 13.7. The molecule has 0 radical (unpaired) electrons. The Labute approximate surface area is 592 Å². The zero-order chi connectivity index (χ0) is 70.1. The van der Waals surface area contributed by atoms with Gasteiger partial charge >= 0.3 is 24.0 Å². The number of allylic oxidation sites excluding steroid dienone is 2. The lowest BCUT2D eigenvalue weighted by atomic mass is 9.94. The number of imidazole rings is 2. The number of amides is 3. The topological polar surface area (TPSA) is 275 Å². The third-order valence-corrected chi connectivity index (χ3v) is 22.3. The van der Waals surface area contributed by atoms with Crippen LogP contribution in [0.25, 0.3) is 77.0 Å². The molecule has 0 spiro atoms. The molecule has 0 bridgehead atoms. The van der Waals surface area contributed by atoms with Crippen molar-refractivity contribution in [2.45, 2.75) is 146 Å². The molecule has 6 N–H and O–H groups in total. The van der Waals surface area contributed by atoms with Crippen LogP contribution in [0.15, 0.2) is 132 Å². The van der Waals surface area contributed by atoms with Crippen LogP contribution in [-0.4, -0.2) is 148 Å². The molecular formula is C81H89N11O10. The molecule has 21 nitrogen and oxygen atoms in total. The van der Waals surface area contributed by atoms with E-state index in [1.165, 1.54) is 79.3 Å². The Morgan fingerprint density at radius 2 is 0.931 bits per heavy atom. The van der Waals surface area contributed by atoms with E-state index in [2.05, 4.69) is 140 Å². The average Bonchev–Trinajstić information content (AvgIpc) is 1.55. The fraction of sp³-hybridized carbons (Fsp3) is 0.432. The molecule has 3 saturated carbocycles. The lowest BCUT2D eigenvalue weighted by Crippen LogP contribution is -2.44. The lowest BCUT2D eigenvalue weighted by molar-refractivity contribution is -0.148. The van der Waals surface area contributed by atoms with Gasteiger partial charge in [-0.3, -0.25) is 29.2 Å². The Morgan fingerprint density at radius 3 is 1.42 bits per heavy atom. The molecule has 6 aliphatic heterocycles. The van der Waals surface area contributed by atoms with E-state index in [0.717, 1.165) is 163 Å². The van der Waals surface area contributed by atoms with Gasteiger partial charge in [0.25, 0.3) is 0 Å². The summed E-state index contributed by atoms with van der Waals surface area (Å²) in [5, 5.41) is 22.8. The number of H-pyrrole nitrogens is 2. The molecule has 528 valence electrons. The monoisotopic (exact) mass is 1380 g/mol. The summed E-state index contributed by atoms with van der Waals surface area (Å²) in [5.74, 6) is 0.333. The first-order valence-electron chi connectivity index (χ1n) is 36.6. The third-order valence-electron chi connectivity index (χ3n) is 22.3. The van der Waals surface area contributed by atoms with E-state index in [1.807, 2.05) is 22.1 Å². The number of ether oxygens (including phenoxy) is 3. The first-order valence-corrected chi connectivity index (χ1v) is 36.6. The number of nitrogens with one attached hydrogen (secondary N) is 5. The normalized spacial score (nSPS) is 21.7. The summed E-state index contributed by atoms with van der Waals surface area (Å²) in [4.78, 5) is 103. The number of methoxy groups -OCH3 is 3. The highest BCUT2D eigenvalue weighted by atomic mass is 16.5. The van der Waals surface area contributed by atoms with Crippen molar-refractivity contribution >= 4 is 102 Å². The van der Waals surface area contributed by atoms with Crippen LogP contribution < -0.4 is 16.0 Å². The van der Waals surface area contributed by atoms with E-state index < -0.39 is 18.1 Å². The van der Waals surface area contributed by atoms with Crippen molar-refractivity contribution < 1.29 is 48.1 Å². The van der Waals surface area contributed by atoms with E-state index in [9.17, 15) is 28.8 Å². The minimum Gasteiger partial charge on any atom is -0.480 e. The first-order chi connectivity index (χ1) is 49.7. The van der Waals surface area contributed by atoms with Crippen LogP contribution in [0.3, 0.4) is 0 Å². The van der Waals surface area contributed by atoms with Crippen LogP contribution in [0.1, 0.15) is 150 Å². The number of aromatic nitrogens is 4. The molecule has 9 aliphatic rings. The molecule has 0 unspecified atom stereocenters. The average molecular weight is 1380 g/mol. The molecule has 6 aromatic carbocycles. The number of esters is 2. The van der Waals surface area contributed by atoms with Gasteiger partial charge < -0.3 is 55.0 Å². The van der Waals surface area contributed by atoms with E-state index >= 15 is 0 Å². The summed E-state index contributed by atoms with van der Waals surface area (Å²) in [5.41, 5.74) is 15.8. The van der Waals surface area contributed by atoms with Gasteiger partial charge in [-0.15, -0.1) is 0 Å². The van der Waals surface area contributed by atoms with Crippen molar-refractivity contribution in [2.24, 2.45) is 39.6 Å². The number of fused-ring (bicyclic) bond motifs is 4. The molecule has 8 heterocycles. The van der Waals surface area contributed by atoms with Crippen LogP contribution in [0.4, 0.5) is 4.79 Å². The van der Waals surface area contributed by atoms with Crippen LogP contribution in [0.5, 0.6) is 0 Å². The molecule has 8 aromatic rings. The van der Waals surface area contributed by atoms with Gasteiger partial charge in [0.2, 0.25) is 11.8 Å². The minimum atomic E-state index is -0.997. The molecule has 4 saturated heterocycles. The molecule has 3 amide bonds. The van der Waals surface area contributed by atoms with E-state index in [1.54, 1.807) is 0 Å². The summed E-state index contributed by atoms with van der Waals surface area (Å²) >= 11 is 0. The zero-order valence-corrected chi connectivity index (χ0v) is 58.2. The van der Waals surface area contributed by atoms with Crippen LogP contribution in [0.2, 0.25) is 0 Å². The number of carboxylic acids is 1. The predicted octanol–water partition coefficient (Wildman–Crippen LogP) is 13.4. The van der Waals surface area contributed by atoms with Crippen molar-refractivity contribution in [1.29, 1.82) is 0 Å². The predicted molar refractivity (Wildman–Crippen MR) is 393 cm³/mol. The van der Waals surface area contributed by atoms with E-state index in [0.29, 0.717) is 31.6 Å². The molecule has 3 aliphatic carbocycles. The fourth-order valence-corrected chi connectivity index (χ4v) is 16.1.